The van der Waals surface area contributed by atoms with Gasteiger partial charge in [-0.05, 0) is 43.9 Å². The van der Waals surface area contributed by atoms with Gasteiger partial charge in [0.15, 0.2) is 5.96 Å². The van der Waals surface area contributed by atoms with Crippen molar-refractivity contribution < 1.29 is 9.47 Å². The Bertz CT molecular complexity index is 368. The number of rotatable bonds is 8. The lowest BCUT2D eigenvalue weighted by atomic mass is 9.83. The third kappa shape index (κ3) is 8.91. The monoisotopic (exact) mass is 467 g/mol. The Hall–Kier alpha value is -0.0800. The molecule has 1 N–H and O–H groups in total. The van der Waals surface area contributed by atoms with E-state index < -0.39 is 0 Å². The molecule has 0 aromatic carbocycles. The summed E-state index contributed by atoms with van der Waals surface area (Å²) in [6.45, 7) is 6.83. The zero-order valence-electron chi connectivity index (χ0n) is 16.3. The molecule has 1 saturated heterocycles. The molecule has 1 heterocycles. The topological polar surface area (TPSA) is 46.1 Å². The first-order valence-corrected chi connectivity index (χ1v) is 9.80. The van der Waals surface area contributed by atoms with Crippen LogP contribution in [0, 0.1) is 11.8 Å². The summed E-state index contributed by atoms with van der Waals surface area (Å²) in [5.74, 6) is 2.74. The smallest absolute Gasteiger partial charge is 0.193 e. The van der Waals surface area contributed by atoms with Crippen molar-refractivity contribution in [2.75, 3.05) is 47.0 Å². The summed E-state index contributed by atoms with van der Waals surface area (Å²) in [7, 11) is 4.02. The van der Waals surface area contributed by atoms with Crippen LogP contribution >= 0.6 is 24.0 Å². The molecule has 1 saturated carbocycles. The van der Waals surface area contributed by atoms with Gasteiger partial charge in [0, 0.05) is 40.4 Å². The van der Waals surface area contributed by atoms with Crippen LogP contribution in [0.25, 0.3) is 0 Å². The molecule has 0 radical (unpaired) electrons. The van der Waals surface area contributed by atoms with Crippen LogP contribution in [0.1, 0.15) is 51.9 Å². The third-order valence-electron chi connectivity index (χ3n) is 5.32. The molecule has 0 aromatic heterocycles. The number of ether oxygens (including phenoxy) is 2. The Balaban J connectivity index is 0.00000312. The molecular formula is C19H38IN3O2. The standard InChI is InChI=1S/C19H37N3O2.HI/c1-16-7-9-17(10-8-16)14-22(3)19(20-2)21-11-5-12-23-15-18-6-4-13-24-18;/h16-18H,4-15H2,1-3H3,(H,20,21);1H. The Morgan fingerprint density at radius 3 is 2.64 bits per heavy atom. The number of hydrogen-bond donors (Lipinski definition) is 1. The number of aliphatic imine (C=N–C) groups is 1. The lowest BCUT2D eigenvalue weighted by molar-refractivity contribution is 0.0168. The van der Waals surface area contributed by atoms with E-state index in [1.165, 1.54) is 32.1 Å². The minimum Gasteiger partial charge on any atom is -0.379 e. The van der Waals surface area contributed by atoms with Crippen molar-refractivity contribution >= 4 is 29.9 Å². The molecule has 0 aromatic rings. The van der Waals surface area contributed by atoms with E-state index >= 15 is 0 Å². The van der Waals surface area contributed by atoms with Crippen molar-refractivity contribution in [2.45, 2.75) is 58.0 Å². The highest BCUT2D eigenvalue weighted by molar-refractivity contribution is 14.0. The van der Waals surface area contributed by atoms with E-state index in [4.69, 9.17) is 9.47 Å². The summed E-state index contributed by atoms with van der Waals surface area (Å²) < 4.78 is 11.3. The Morgan fingerprint density at radius 2 is 2.00 bits per heavy atom. The third-order valence-corrected chi connectivity index (χ3v) is 5.32. The second-order valence-corrected chi connectivity index (χ2v) is 7.54. The first-order valence-electron chi connectivity index (χ1n) is 9.80. The van der Waals surface area contributed by atoms with Gasteiger partial charge in [0.05, 0.1) is 12.7 Å². The predicted octanol–water partition coefficient (Wildman–Crippen LogP) is 3.52. The molecular weight excluding hydrogens is 429 g/mol. The molecule has 1 aliphatic carbocycles. The highest BCUT2D eigenvalue weighted by atomic mass is 127. The van der Waals surface area contributed by atoms with E-state index in [0.29, 0.717) is 6.10 Å². The van der Waals surface area contributed by atoms with Crippen molar-refractivity contribution in [3.63, 3.8) is 0 Å². The Morgan fingerprint density at radius 1 is 1.24 bits per heavy atom. The quantitative estimate of drug-likeness (QED) is 0.257. The maximum atomic E-state index is 5.71. The molecule has 1 atom stereocenters. The fraction of sp³-hybridized carbons (Fsp3) is 0.947. The first-order chi connectivity index (χ1) is 11.7. The second-order valence-electron chi connectivity index (χ2n) is 7.54. The lowest BCUT2D eigenvalue weighted by Gasteiger charge is -2.31. The molecule has 1 unspecified atom stereocenters. The average molecular weight is 467 g/mol. The molecule has 6 heteroatoms. The van der Waals surface area contributed by atoms with Crippen LogP contribution in [0.15, 0.2) is 4.99 Å². The Labute approximate surface area is 171 Å². The summed E-state index contributed by atoms with van der Waals surface area (Å²) in [5, 5.41) is 3.46. The van der Waals surface area contributed by atoms with Gasteiger partial charge in [-0.2, -0.15) is 0 Å². The predicted molar refractivity (Wildman–Crippen MR) is 115 cm³/mol. The molecule has 0 spiro atoms. The van der Waals surface area contributed by atoms with Crippen molar-refractivity contribution in [1.82, 2.24) is 10.2 Å². The summed E-state index contributed by atoms with van der Waals surface area (Å²) in [6.07, 6.45) is 9.14. The minimum absolute atomic E-state index is 0. The van der Waals surface area contributed by atoms with Gasteiger partial charge in [0.25, 0.3) is 0 Å². The van der Waals surface area contributed by atoms with Gasteiger partial charge in [-0.1, -0.05) is 19.8 Å². The van der Waals surface area contributed by atoms with Gasteiger partial charge >= 0.3 is 0 Å². The van der Waals surface area contributed by atoms with E-state index in [0.717, 1.165) is 63.5 Å². The summed E-state index contributed by atoms with van der Waals surface area (Å²) in [6, 6.07) is 0. The molecule has 2 aliphatic rings. The summed E-state index contributed by atoms with van der Waals surface area (Å²) >= 11 is 0. The zero-order valence-corrected chi connectivity index (χ0v) is 18.7. The molecule has 1 aliphatic heterocycles. The van der Waals surface area contributed by atoms with Crippen LogP contribution in [0.2, 0.25) is 0 Å². The number of halogens is 1. The fourth-order valence-electron chi connectivity index (χ4n) is 3.74. The number of guanidine groups is 1. The summed E-state index contributed by atoms with van der Waals surface area (Å²) in [5.41, 5.74) is 0. The molecule has 25 heavy (non-hydrogen) atoms. The van der Waals surface area contributed by atoms with Gasteiger partial charge in [-0.3, -0.25) is 4.99 Å². The second kappa shape index (κ2) is 13.1. The maximum Gasteiger partial charge on any atom is 0.193 e. The number of nitrogens with one attached hydrogen (secondary N) is 1. The fourth-order valence-corrected chi connectivity index (χ4v) is 3.74. The van der Waals surface area contributed by atoms with Crippen molar-refractivity contribution in [1.29, 1.82) is 0 Å². The van der Waals surface area contributed by atoms with E-state index in [2.05, 4.69) is 29.2 Å². The SMILES string of the molecule is CN=C(NCCCOCC1CCCO1)N(C)CC1CCC(C)CC1.I. The van der Waals surface area contributed by atoms with Gasteiger partial charge < -0.3 is 19.7 Å². The highest BCUT2D eigenvalue weighted by Gasteiger charge is 2.20. The largest absolute Gasteiger partial charge is 0.379 e. The number of nitrogens with zero attached hydrogens (tertiary/aromatic N) is 2. The van der Waals surface area contributed by atoms with E-state index in [-0.39, 0.29) is 24.0 Å². The molecule has 2 fully saturated rings. The van der Waals surface area contributed by atoms with Crippen molar-refractivity contribution in [3.8, 4) is 0 Å². The Kier molecular flexibility index (Phi) is 12.1. The van der Waals surface area contributed by atoms with E-state index in [1.54, 1.807) is 0 Å². The van der Waals surface area contributed by atoms with Crippen LogP contribution in [0.4, 0.5) is 0 Å². The van der Waals surface area contributed by atoms with Gasteiger partial charge in [-0.15, -0.1) is 24.0 Å². The molecule has 5 nitrogen and oxygen atoms in total. The van der Waals surface area contributed by atoms with Crippen molar-refractivity contribution in [3.05, 3.63) is 0 Å². The minimum atomic E-state index is 0. The number of hydrogen-bond acceptors (Lipinski definition) is 3. The molecule has 0 amide bonds. The molecule has 148 valence electrons. The highest BCUT2D eigenvalue weighted by Crippen LogP contribution is 2.28. The average Bonchev–Trinajstić information content (AvgIpc) is 3.09. The first kappa shape index (κ1) is 23.0. The van der Waals surface area contributed by atoms with Crippen molar-refractivity contribution in [2.24, 2.45) is 16.8 Å². The van der Waals surface area contributed by atoms with Gasteiger partial charge in [0.1, 0.15) is 0 Å². The van der Waals surface area contributed by atoms with E-state index in [1.807, 2.05) is 7.05 Å². The van der Waals surface area contributed by atoms with E-state index in [9.17, 15) is 0 Å². The maximum absolute atomic E-state index is 5.71. The van der Waals surface area contributed by atoms with Gasteiger partial charge in [-0.25, -0.2) is 0 Å². The van der Waals surface area contributed by atoms with Crippen LogP contribution in [0.3, 0.4) is 0 Å². The zero-order chi connectivity index (χ0) is 17.2. The van der Waals surface area contributed by atoms with Crippen LogP contribution in [-0.4, -0.2) is 64.0 Å². The molecule has 2 rings (SSSR count). The van der Waals surface area contributed by atoms with Crippen LogP contribution in [-0.2, 0) is 9.47 Å². The summed E-state index contributed by atoms with van der Waals surface area (Å²) in [4.78, 5) is 6.71. The normalized spacial score (nSPS) is 27.0. The molecule has 0 bridgehead atoms. The van der Waals surface area contributed by atoms with Crippen LogP contribution < -0.4 is 5.32 Å². The van der Waals surface area contributed by atoms with Crippen LogP contribution in [0.5, 0.6) is 0 Å². The lowest BCUT2D eigenvalue weighted by Crippen LogP contribution is -2.42. The van der Waals surface area contributed by atoms with Gasteiger partial charge in [0.2, 0.25) is 0 Å².